The summed E-state index contributed by atoms with van der Waals surface area (Å²) < 4.78 is 32.8. The van der Waals surface area contributed by atoms with E-state index in [0.29, 0.717) is 13.1 Å². The van der Waals surface area contributed by atoms with Gasteiger partial charge >= 0.3 is 0 Å². The molecule has 8 heteroatoms. The first-order valence-electron chi connectivity index (χ1n) is 7.15. The fourth-order valence-electron chi connectivity index (χ4n) is 2.77. The van der Waals surface area contributed by atoms with Gasteiger partial charge in [-0.3, -0.25) is 9.58 Å². The van der Waals surface area contributed by atoms with Crippen LogP contribution < -0.4 is 4.72 Å². The van der Waals surface area contributed by atoms with Crippen molar-refractivity contribution in [2.24, 2.45) is 0 Å². The predicted octanol–water partition coefficient (Wildman–Crippen LogP) is 0.891. The molecule has 0 bridgehead atoms. The van der Waals surface area contributed by atoms with Gasteiger partial charge in [0.15, 0.2) is 0 Å². The molecule has 1 aliphatic rings. The van der Waals surface area contributed by atoms with E-state index in [9.17, 15) is 8.42 Å². The Hall–Kier alpha value is -1.64. The van der Waals surface area contributed by atoms with E-state index in [-0.39, 0.29) is 6.04 Å². The number of nitrogens with one attached hydrogen (secondary N) is 1. The highest BCUT2D eigenvalue weighted by Crippen LogP contribution is 2.22. The quantitative estimate of drug-likeness (QED) is 0.883. The summed E-state index contributed by atoms with van der Waals surface area (Å²) in [6, 6.07) is 5.87. The highest BCUT2D eigenvalue weighted by molar-refractivity contribution is 7.88. The molecule has 2 aromatic rings. The monoisotopic (exact) mass is 324 g/mol. The van der Waals surface area contributed by atoms with Crippen molar-refractivity contribution < 1.29 is 12.8 Å². The highest BCUT2D eigenvalue weighted by Gasteiger charge is 2.26. The Balaban J connectivity index is 1.73. The number of hydrogen-bond acceptors (Lipinski definition) is 5. The molecule has 0 radical (unpaired) electrons. The van der Waals surface area contributed by atoms with Crippen LogP contribution in [-0.4, -0.2) is 42.4 Å². The van der Waals surface area contributed by atoms with E-state index >= 15 is 0 Å². The van der Waals surface area contributed by atoms with E-state index in [4.69, 9.17) is 4.42 Å². The number of nitrogens with zero attached hydrogens (tertiary/aromatic N) is 3. The predicted molar refractivity (Wildman–Crippen MR) is 81.7 cm³/mol. The van der Waals surface area contributed by atoms with Crippen LogP contribution in [0.15, 0.2) is 28.8 Å². The number of hydrogen-bond donors (Lipinski definition) is 1. The molecule has 0 saturated heterocycles. The molecule has 0 unspecified atom stereocenters. The molecule has 2 aromatic heterocycles. The number of aromatic nitrogens is 2. The molecule has 3 heterocycles. The molecular weight excluding hydrogens is 304 g/mol. The second-order valence-electron chi connectivity index (χ2n) is 5.72. The maximum Gasteiger partial charge on any atom is 0.208 e. The van der Waals surface area contributed by atoms with Crippen LogP contribution in [0.2, 0.25) is 0 Å². The van der Waals surface area contributed by atoms with Crippen LogP contribution >= 0.6 is 0 Å². The summed E-state index contributed by atoms with van der Waals surface area (Å²) in [5, 5.41) is 4.32. The second kappa shape index (κ2) is 5.86. The first-order valence-corrected chi connectivity index (χ1v) is 9.04. The lowest BCUT2D eigenvalue weighted by Gasteiger charge is -2.33. The van der Waals surface area contributed by atoms with Crippen molar-refractivity contribution in [2.45, 2.75) is 26.1 Å². The molecule has 0 spiro atoms. The molecule has 120 valence electrons. The SMILES string of the molecule is Cc1ccc(CN2Cc3ccnn3[C@H](CNS(C)(=O)=O)C2)o1. The minimum atomic E-state index is -3.21. The minimum absolute atomic E-state index is 0.0236. The molecule has 0 amide bonds. The third-order valence-electron chi connectivity index (χ3n) is 3.71. The fraction of sp³-hybridized carbons (Fsp3) is 0.500. The second-order valence-corrected chi connectivity index (χ2v) is 7.56. The Morgan fingerprint density at radius 3 is 2.91 bits per heavy atom. The van der Waals surface area contributed by atoms with Crippen LogP contribution in [0.1, 0.15) is 23.3 Å². The molecule has 0 saturated carbocycles. The fourth-order valence-corrected chi connectivity index (χ4v) is 3.27. The standard InChI is InChI=1S/C14H20N4O3S/c1-11-3-4-14(21-11)10-17-8-12-5-6-15-18(12)13(9-17)7-16-22(2,19)20/h3-6,13,16H,7-10H2,1-2H3/t13-/m1/s1. The molecule has 22 heavy (non-hydrogen) atoms. The van der Waals surface area contributed by atoms with Crippen molar-refractivity contribution in [2.75, 3.05) is 19.3 Å². The zero-order valence-corrected chi connectivity index (χ0v) is 13.5. The normalized spacial score (nSPS) is 19.3. The van der Waals surface area contributed by atoms with Crippen molar-refractivity contribution in [3.63, 3.8) is 0 Å². The van der Waals surface area contributed by atoms with Gasteiger partial charge in [-0.1, -0.05) is 0 Å². The summed E-state index contributed by atoms with van der Waals surface area (Å²) in [5.74, 6) is 1.81. The van der Waals surface area contributed by atoms with Gasteiger partial charge in [-0.25, -0.2) is 13.1 Å². The van der Waals surface area contributed by atoms with Gasteiger partial charge in [-0.15, -0.1) is 0 Å². The van der Waals surface area contributed by atoms with E-state index in [2.05, 4.69) is 14.7 Å². The number of sulfonamides is 1. The molecule has 1 atom stereocenters. The van der Waals surface area contributed by atoms with Gasteiger partial charge in [0.25, 0.3) is 0 Å². The van der Waals surface area contributed by atoms with E-state index < -0.39 is 10.0 Å². The van der Waals surface area contributed by atoms with E-state index in [0.717, 1.165) is 30.3 Å². The van der Waals surface area contributed by atoms with Gasteiger partial charge < -0.3 is 4.42 Å². The first kappa shape index (κ1) is 15.3. The van der Waals surface area contributed by atoms with Gasteiger partial charge in [-0.05, 0) is 25.1 Å². The smallest absolute Gasteiger partial charge is 0.208 e. The summed E-state index contributed by atoms with van der Waals surface area (Å²) in [4.78, 5) is 2.24. The van der Waals surface area contributed by atoms with Crippen LogP contribution in [0.3, 0.4) is 0 Å². The molecule has 0 fully saturated rings. The number of rotatable bonds is 5. The Morgan fingerprint density at radius 2 is 2.23 bits per heavy atom. The van der Waals surface area contributed by atoms with Crippen molar-refractivity contribution in [3.8, 4) is 0 Å². The van der Waals surface area contributed by atoms with Gasteiger partial charge in [-0.2, -0.15) is 5.10 Å². The number of fused-ring (bicyclic) bond motifs is 1. The summed E-state index contributed by atoms with van der Waals surface area (Å²) in [7, 11) is -3.21. The maximum atomic E-state index is 11.3. The lowest BCUT2D eigenvalue weighted by Crippen LogP contribution is -2.42. The van der Waals surface area contributed by atoms with Crippen LogP contribution in [0.4, 0.5) is 0 Å². The van der Waals surface area contributed by atoms with Crippen LogP contribution in [0.5, 0.6) is 0 Å². The maximum absolute atomic E-state index is 11.3. The van der Waals surface area contributed by atoms with E-state index in [1.54, 1.807) is 6.20 Å². The van der Waals surface area contributed by atoms with Gasteiger partial charge in [0, 0.05) is 25.8 Å². The van der Waals surface area contributed by atoms with Crippen LogP contribution in [0, 0.1) is 6.92 Å². The Bertz CT molecular complexity index is 750. The summed E-state index contributed by atoms with van der Waals surface area (Å²) in [6.07, 6.45) is 2.92. The summed E-state index contributed by atoms with van der Waals surface area (Å²) in [6.45, 7) is 4.45. The largest absolute Gasteiger partial charge is 0.465 e. The Labute approximate surface area is 130 Å². The molecule has 0 aromatic carbocycles. The van der Waals surface area contributed by atoms with Crippen LogP contribution in [0.25, 0.3) is 0 Å². The van der Waals surface area contributed by atoms with Gasteiger partial charge in [0.1, 0.15) is 11.5 Å². The van der Waals surface area contributed by atoms with E-state index in [1.807, 2.05) is 29.8 Å². The van der Waals surface area contributed by atoms with Gasteiger partial charge in [0.2, 0.25) is 10.0 Å². The summed E-state index contributed by atoms with van der Waals surface area (Å²) in [5.41, 5.74) is 1.08. The lowest BCUT2D eigenvalue weighted by atomic mass is 10.2. The van der Waals surface area contributed by atoms with Gasteiger partial charge in [0.05, 0.1) is 24.5 Å². The highest BCUT2D eigenvalue weighted by atomic mass is 32.2. The summed E-state index contributed by atoms with van der Waals surface area (Å²) >= 11 is 0. The molecule has 1 aliphatic heterocycles. The minimum Gasteiger partial charge on any atom is -0.465 e. The topological polar surface area (TPSA) is 80.4 Å². The first-order chi connectivity index (χ1) is 10.4. The average Bonchev–Trinajstić information content (AvgIpc) is 3.04. The molecule has 7 nitrogen and oxygen atoms in total. The Morgan fingerprint density at radius 1 is 1.41 bits per heavy atom. The van der Waals surface area contributed by atoms with Crippen molar-refractivity contribution in [1.29, 1.82) is 0 Å². The zero-order chi connectivity index (χ0) is 15.7. The van der Waals surface area contributed by atoms with E-state index in [1.165, 1.54) is 6.26 Å². The number of aryl methyl sites for hydroxylation is 1. The lowest BCUT2D eigenvalue weighted by molar-refractivity contribution is 0.157. The van der Waals surface area contributed by atoms with Crippen LogP contribution in [-0.2, 0) is 23.1 Å². The number of furan rings is 1. The third-order valence-corrected chi connectivity index (χ3v) is 4.40. The molecular formula is C14H20N4O3S. The average molecular weight is 324 g/mol. The zero-order valence-electron chi connectivity index (χ0n) is 12.7. The molecule has 1 N–H and O–H groups in total. The third kappa shape index (κ3) is 3.57. The molecule has 3 rings (SSSR count). The molecule has 0 aliphatic carbocycles. The Kier molecular flexibility index (Phi) is 4.07. The van der Waals surface area contributed by atoms with Crippen molar-refractivity contribution in [1.82, 2.24) is 19.4 Å². The van der Waals surface area contributed by atoms with Crippen molar-refractivity contribution in [3.05, 3.63) is 41.6 Å². The van der Waals surface area contributed by atoms with Crippen molar-refractivity contribution >= 4 is 10.0 Å².